The number of likely N-dealkylation sites (tertiary alicyclic amines) is 1. The lowest BCUT2D eigenvalue weighted by atomic mass is 9.99. The molecule has 4 aromatic rings. The summed E-state index contributed by atoms with van der Waals surface area (Å²) < 4.78 is 60.9. The second-order valence-corrected chi connectivity index (χ2v) is 14.1. The smallest absolute Gasteiger partial charge is 0.257 e. The molecule has 1 saturated carbocycles. The average molecular weight is 647 g/mol. The van der Waals surface area contributed by atoms with Gasteiger partial charge in [-0.25, -0.2) is 22.2 Å². The number of piperidine rings is 1. The van der Waals surface area contributed by atoms with Crippen molar-refractivity contribution in [3.63, 3.8) is 0 Å². The minimum atomic E-state index is -3.51. The summed E-state index contributed by atoms with van der Waals surface area (Å²) in [6.07, 6.45) is 4.44. The third-order valence-electron chi connectivity index (χ3n) is 8.85. The van der Waals surface area contributed by atoms with E-state index >= 15 is 0 Å². The number of aromatic amines is 1. The van der Waals surface area contributed by atoms with Crippen molar-refractivity contribution < 1.29 is 26.7 Å². The maximum Gasteiger partial charge on any atom is 0.257 e. The van der Waals surface area contributed by atoms with Gasteiger partial charge in [0.2, 0.25) is 10.0 Å². The SMILES string of the molecule is N#Cc1cc(NS(=O)(=O)C2CC2)cc(-c2c[nH]c3ncc(-c4ccc5c(c4)OCCN(CCN4CCC(F)(F)CC4)C5=O)cc23)c1. The van der Waals surface area contributed by atoms with Gasteiger partial charge in [-0.2, -0.15) is 5.26 Å². The van der Waals surface area contributed by atoms with Crippen molar-refractivity contribution in [1.82, 2.24) is 19.8 Å². The van der Waals surface area contributed by atoms with Crippen LogP contribution >= 0.6 is 0 Å². The van der Waals surface area contributed by atoms with E-state index in [9.17, 15) is 27.3 Å². The minimum absolute atomic E-state index is 0.157. The van der Waals surface area contributed by atoms with E-state index in [0.717, 1.165) is 22.1 Å². The van der Waals surface area contributed by atoms with Crippen molar-refractivity contribution in [2.24, 2.45) is 0 Å². The molecule has 2 fully saturated rings. The number of carbonyl (C=O) groups is 1. The number of nitrogens with zero attached hydrogens (tertiary/aromatic N) is 4. The molecule has 0 bridgehead atoms. The highest BCUT2D eigenvalue weighted by molar-refractivity contribution is 7.93. The van der Waals surface area contributed by atoms with Crippen LogP contribution in [0.15, 0.2) is 54.9 Å². The van der Waals surface area contributed by atoms with E-state index in [1.54, 1.807) is 35.5 Å². The van der Waals surface area contributed by atoms with Crippen molar-refractivity contribution in [2.45, 2.75) is 36.9 Å². The molecule has 10 nitrogen and oxygen atoms in total. The van der Waals surface area contributed by atoms with Gasteiger partial charge >= 0.3 is 0 Å². The molecule has 0 unspecified atom stereocenters. The number of carbonyl (C=O) groups excluding carboxylic acids is 1. The van der Waals surface area contributed by atoms with Crippen molar-refractivity contribution in [1.29, 1.82) is 5.26 Å². The Bertz CT molecular complexity index is 1980. The number of H-pyrrole nitrogens is 1. The van der Waals surface area contributed by atoms with Crippen LogP contribution < -0.4 is 9.46 Å². The summed E-state index contributed by atoms with van der Waals surface area (Å²) in [6.45, 7) is 2.30. The van der Waals surface area contributed by atoms with Crippen LogP contribution in [0.3, 0.4) is 0 Å². The van der Waals surface area contributed by atoms with Gasteiger partial charge in [0, 0.05) is 67.9 Å². The highest BCUT2D eigenvalue weighted by Crippen LogP contribution is 2.36. The van der Waals surface area contributed by atoms with Gasteiger partial charge in [-0.1, -0.05) is 6.07 Å². The highest BCUT2D eigenvalue weighted by atomic mass is 32.2. The normalized spacial score (nSPS) is 18.5. The quantitative estimate of drug-likeness (QED) is 0.268. The zero-order valence-corrected chi connectivity index (χ0v) is 25.7. The molecule has 1 saturated heterocycles. The Labute approximate surface area is 265 Å². The lowest BCUT2D eigenvalue weighted by Gasteiger charge is -2.33. The number of ether oxygens (including phenoxy) is 1. The van der Waals surface area contributed by atoms with Crippen LogP contribution in [0.25, 0.3) is 33.3 Å². The third kappa shape index (κ3) is 6.15. The van der Waals surface area contributed by atoms with E-state index in [4.69, 9.17) is 4.74 Å². The average Bonchev–Trinajstić information content (AvgIpc) is 3.84. The first-order chi connectivity index (χ1) is 22.1. The Hall–Kier alpha value is -4.54. The first-order valence-electron chi connectivity index (χ1n) is 15.3. The van der Waals surface area contributed by atoms with Gasteiger partial charge in [-0.3, -0.25) is 9.52 Å². The Balaban J connectivity index is 1.13. The number of hydrogen-bond donors (Lipinski definition) is 2. The molecule has 0 radical (unpaired) electrons. The molecule has 238 valence electrons. The number of benzene rings is 2. The monoisotopic (exact) mass is 646 g/mol. The molecule has 2 aromatic heterocycles. The Morgan fingerprint density at radius 3 is 2.59 bits per heavy atom. The summed E-state index contributed by atoms with van der Waals surface area (Å²) in [5, 5.41) is 10.0. The number of anilines is 1. The number of hydrogen-bond acceptors (Lipinski definition) is 7. The number of amides is 1. The van der Waals surface area contributed by atoms with Crippen LogP contribution in [0, 0.1) is 11.3 Å². The topological polar surface area (TPSA) is 131 Å². The summed E-state index contributed by atoms with van der Waals surface area (Å²) in [7, 11) is -3.51. The zero-order valence-electron chi connectivity index (χ0n) is 24.9. The first kappa shape index (κ1) is 30.1. The largest absolute Gasteiger partial charge is 0.491 e. The summed E-state index contributed by atoms with van der Waals surface area (Å²) in [5.41, 5.74) is 4.70. The van der Waals surface area contributed by atoms with E-state index in [0.29, 0.717) is 85.9 Å². The molecule has 2 N–H and O–H groups in total. The Morgan fingerprint density at radius 1 is 1.02 bits per heavy atom. The fraction of sp³-hybridized carbons (Fsp3) is 0.364. The third-order valence-corrected chi connectivity index (χ3v) is 10.7. The fourth-order valence-electron chi connectivity index (χ4n) is 6.05. The summed E-state index contributed by atoms with van der Waals surface area (Å²) in [5.74, 6) is -2.30. The Morgan fingerprint density at radius 2 is 1.83 bits per heavy atom. The molecule has 2 aliphatic heterocycles. The molecule has 46 heavy (non-hydrogen) atoms. The molecule has 0 spiro atoms. The van der Waals surface area contributed by atoms with Gasteiger partial charge in [0.25, 0.3) is 11.8 Å². The number of sulfonamides is 1. The maximum atomic E-state index is 13.5. The van der Waals surface area contributed by atoms with Gasteiger partial charge in [-0.15, -0.1) is 0 Å². The molecule has 1 aliphatic carbocycles. The number of pyridine rings is 1. The molecule has 2 aromatic carbocycles. The number of aromatic nitrogens is 2. The lowest BCUT2D eigenvalue weighted by molar-refractivity contribution is -0.0558. The van der Waals surface area contributed by atoms with Gasteiger partial charge in [0.15, 0.2) is 0 Å². The predicted molar refractivity (Wildman–Crippen MR) is 169 cm³/mol. The fourth-order valence-corrected chi connectivity index (χ4v) is 7.42. The maximum absolute atomic E-state index is 13.5. The molecular formula is C33H32F2N6O4S. The number of nitrogens with one attached hydrogen (secondary N) is 2. The van der Waals surface area contributed by atoms with Crippen LogP contribution in [0.5, 0.6) is 5.75 Å². The van der Waals surface area contributed by atoms with Crippen molar-refractivity contribution in [2.75, 3.05) is 44.1 Å². The van der Waals surface area contributed by atoms with Gasteiger partial charge in [-0.05, 0) is 60.4 Å². The molecule has 4 heterocycles. The van der Waals surface area contributed by atoms with Crippen LogP contribution in [-0.2, 0) is 10.0 Å². The molecular weight excluding hydrogens is 614 g/mol. The second kappa shape index (κ2) is 11.7. The van der Waals surface area contributed by atoms with Crippen LogP contribution in [0.1, 0.15) is 41.6 Å². The van der Waals surface area contributed by atoms with Crippen molar-refractivity contribution in [3.8, 4) is 34.1 Å². The molecule has 13 heteroatoms. The second-order valence-electron chi connectivity index (χ2n) is 12.1. The van der Waals surface area contributed by atoms with Crippen LogP contribution in [0.4, 0.5) is 14.5 Å². The molecule has 7 rings (SSSR count). The first-order valence-corrected chi connectivity index (χ1v) is 16.8. The Kier molecular flexibility index (Phi) is 7.65. The van der Waals surface area contributed by atoms with E-state index < -0.39 is 21.2 Å². The number of nitriles is 1. The highest BCUT2D eigenvalue weighted by Gasteiger charge is 2.36. The van der Waals surface area contributed by atoms with E-state index in [1.165, 1.54) is 6.07 Å². The van der Waals surface area contributed by atoms with Gasteiger partial charge < -0.3 is 19.5 Å². The number of alkyl halides is 2. The van der Waals surface area contributed by atoms with Crippen molar-refractivity contribution in [3.05, 3.63) is 66.0 Å². The van der Waals surface area contributed by atoms with Crippen LogP contribution in [-0.4, -0.2) is 84.6 Å². The minimum Gasteiger partial charge on any atom is -0.491 e. The summed E-state index contributed by atoms with van der Waals surface area (Å²) in [4.78, 5) is 24.9. The molecule has 1 amide bonds. The standard InChI is InChI=1S/C33H32F2N6O4S/c34-33(35)5-7-40(8-6-33)9-10-41-11-12-45-30-17-22(1-4-27(30)32(41)42)24-16-28-29(20-38-31(28)37-19-24)23-13-21(18-36)14-25(15-23)39-46(43,44)26-2-3-26/h1,4,13-17,19-20,26,39H,2-3,5-12H2,(H,37,38). The van der Waals surface area contributed by atoms with E-state index in [2.05, 4.69) is 20.8 Å². The van der Waals surface area contributed by atoms with Gasteiger partial charge in [0.1, 0.15) is 18.0 Å². The summed E-state index contributed by atoms with van der Waals surface area (Å²) >= 11 is 0. The predicted octanol–water partition coefficient (Wildman–Crippen LogP) is 5.24. The molecule has 3 aliphatic rings. The van der Waals surface area contributed by atoms with E-state index in [1.807, 2.05) is 23.1 Å². The number of fused-ring (bicyclic) bond motifs is 2. The van der Waals surface area contributed by atoms with Crippen molar-refractivity contribution >= 4 is 32.7 Å². The zero-order chi connectivity index (χ0) is 32.1. The summed E-state index contributed by atoms with van der Waals surface area (Å²) in [6, 6.07) is 14.4. The number of rotatable bonds is 8. The number of halogens is 2. The van der Waals surface area contributed by atoms with Gasteiger partial charge in [0.05, 0.1) is 34.7 Å². The van der Waals surface area contributed by atoms with E-state index in [-0.39, 0.29) is 18.7 Å². The van der Waals surface area contributed by atoms with Crippen LogP contribution in [0.2, 0.25) is 0 Å². The molecule has 0 atom stereocenters. The lowest BCUT2D eigenvalue weighted by Crippen LogP contribution is -2.44.